The maximum Gasteiger partial charge on any atom is 0.159 e. The van der Waals surface area contributed by atoms with Crippen LogP contribution in [0.3, 0.4) is 0 Å². The summed E-state index contributed by atoms with van der Waals surface area (Å²) < 4.78 is 0. The third-order valence-electron chi connectivity index (χ3n) is 4.70. The molecule has 0 heterocycles. The predicted molar refractivity (Wildman–Crippen MR) is 74.8 cm³/mol. The Bertz CT molecular complexity index is 409. The van der Waals surface area contributed by atoms with Crippen LogP contribution in [0, 0.1) is 23.7 Å². The minimum Gasteiger partial charge on any atom is -0.389 e. The number of allylic oxidation sites excluding steroid dienone is 2. The molecule has 20 heavy (non-hydrogen) atoms. The number of hydrogen-bond donors (Lipinski definition) is 2. The summed E-state index contributed by atoms with van der Waals surface area (Å²) in [6, 6.07) is 0. The highest BCUT2D eigenvalue weighted by Gasteiger charge is 2.46. The second kappa shape index (κ2) is 6.02. The minimum atomic E-state index is -0.698. The molecule has 0 aromatic heterocycles. The number of ketones is 2. The second-order valence-corrected chi connectivity index (χ2v) is 5.70. The first-order valence-corrected chi connectivity index (χ1v) is 7.31. The van der Waals surface area contributed by atoms with Crippen LogP contribution < -0.4 is 0 Å². The SMILES string of the molecule is CC[C@@H]1[C@@H]([C@H]2C(=O)C=C[C@@H](O)[C@@H]2CC)C(=O)C=C[C@H]1O. The monoisotopic (exact) mass is 278 g/mol. The number of aliphatic hydroxyl groups is 2. The van der Waals surface area contributed by atoms with Crippen molar-refractivity contribution in [1.29, 1.82) is 0 Å². The third kappa shape index (κ3) is 2.50. The largest absolute Gasteiger partial charge is 0.389 e. The predicted octanol–water partition coefficient (Wildman–Crippen LogP) is 1.27. The first-order chi connectivity index (χ1) is 9.51. The van der Waals surface area contributed by atoms with Gasteiger partial charge in [-0.3, -0.25) is 9.59 Å². The Labute approximate surface area is 119 Å². The number of carbonyl (C=O) groups is 2. The van der Waals surface area contributed by atoms with E-state index >= 15 is 0 Å². The van der Waals surface area contributed by atoms with E-state index in [2.05, 4.69) is 0 Å². The van der Waals surface area contributed by atoms with E-state index < -0.39 is 24.0 Å². The van der Waals surface area contributed by atoms with E-state index in [0.717, 1.165) is 0 Å². The van der Waals surface area contributed by atoms with Gasteiger partial charge in [0.15, 0.2) is 11.6 Å². The maximum absolute atomic E-state index is 12.3. The molecular formula is C16H22O4. The van der Waals surface area contributed by atoms with Gasteiger partial charge in [0.25, 0.3) is 0 Å². The molecule has 0 unspecified atom stereocenters. The Morgan fingerprint density at radius 1 is 0.850 bits per heavy atom. The van der Waals surface area contributed by atoms with E-state index in [1.54, 1.807) is 0 Å². The van der Waals surface area contributed by atoms with Gasteiger partial charge >= 0.3 is 0 Å². The summed E-state index contributed by atoms with van der Waals surface area (Å²) in [6.45, 7) is 3.82. The third-order valence-corrected chi connectivity index (χ3v) is 4.70. The quantitative estimate of drug-likeness (QED) is 0.815. The maximum atomic E-state index is 12.3. The van der Waals surface area contributed by atoms with Crippen molar-refractivity contribution < 1.29 is 19.8 Å². The fourth-order valence-electron chi connectivity index (χ4n) is 3.62. The Balaban J connectivity index is 2.40. The molecular weight excluding hydrogens is 256 g/mol. The van der Waals surface area contributed by atoms with Gasteiger partial charge in [0.2, 0.25) is 0 Å². The molecule has 0 aromatic carbocycles. The zero-order valence-corrected chi connectivity index (χ0v) is 11.9. The Morgan fingerprint density at radius 3 is 1.50 bits per heavy atom. The summed E-state index contributed by atoms with van der Waals surface area (Å²) in [5.41, 5.74) is 0. The zero-order chi connectivity index (χ0) is 14.9. The van der Waals surface area contributed by atoms with Crippen LogP contribution in [0.4, 0.5) is 0 Å². The first kappa shape index (κ1) is 15.1. The van der Waals surface area contributed by atoms with Gasteiger partial charge in [-0.15, -0.1) is 0 Å². The van der Waals surface area contributed by atoms with Crippen LogP contribution in [0.5, 0.6) is 0 Å². The Kier molecular flexibility index (Phi) is 4.55. The van der Waals surface area contributed by atoms with Gasteiger partial charge in [0.1, 0.15) is 0 Å². The normalized spacial score (nSPS) is 41.2. The molecule has 4 heteroatoms. The molecule has 0 saturated carbocycles. The Morgan fingerprint density at radius 2 is 1.20 bits per heavy atom. The van der Waals surface area contributed by atoms with Crippen LogP contribution in [0.1, 0.15) is 26.7 Å². The van der Waals surface area contributed by atoms with Crippen molar-refractivity contribution in [2.24, 2.45) is 23.7 Å². The van der Waals surface area contributed by atoms with E-state index in [0.29, 0.717) is 12.8 Å². The summed E-state index contributed by atoms with van der Waals surface area (Å²) in [5.74, 6) is -1.79. The van der Waals surface area contributed by atoms with Gasteiger partial charge < -0.3 is 10.2 Å². The standard InChI is InChI=1S/C16H22O4/c1-3-9-11(17)5-7-13(19)15(9)16-10(4-2)12(18)6-8-14(16)20/h5-12,15-18H,3-4H2,1-2H3/t9-,10-,11+,12+,15+,16+/m0/s1. The van der Waals surface area contributed by atoms with E-state index in [1.165, 1.54) is 24.3 Å². The number of carbonyl (C=O) groups excluding carboxylic acids is 2. The summed E-state index contributed by atoms with van der Waals surface area (Å²) in [5, 5.41) is 20.1. The molecule has 2 N–H and O–H groups in total. The van der Waals surface area contributed by atoms with Crippen LogP contribution in [0.15, 0.2) is 24.3 Å². The summed E-state index contributed by atoms with van der Waals surface area (Å²) >= 11 is 0. The van der Waals surface area contributed by atoms with Crippen LogP contribution in [0.2, 0.25) is 0 Å². The van der Waals surface area contributed by atoms with Crippen molar-refractivity contribution in [3.8, 4) is 0 Å². The van der Waals surface area contributed by atoms with Gasteiger partial charge in [-0.05, 0) is 36.8 Å². The summed E-state index contributed by atoms with van der Waals surface area (Å²) in [7, 11) is 0. The van der Waals surface area contributed by atoms with Gasteiger partial charge in [-0.25, -0.2) is 0 Å². The van der Waals surface area contributed by atoms with Crippen molar-refractivity contribution in [2.45, 2.75) is 38.9 Å². The smallest absolute Gasteiger partial charge is 0.159 e. The van der Waals surface area contributed by atoms with Crippen molar-refractivity contribution in [3.63, 3.8) is 0 Å². The molecule has 4 nitrogen and oxygen atoms in total. The topological polar surface area (TPSA) is 74.6 Å². The minimum absolute atomic E-state index is 0.110. The lowest BCUT2D eigenvalue weighted by Gasteiger charge is -2.40. The van der Waals surface area contributed by atoms with Crippen LogP contribution in [-0.4, -0.2) is 34.0 Å². The lowest BCUT2D eigenvalue weighted by molar-refractivity contribution is -0.136. The molecule has 0 fully saturated rings. The van der Waals surface area contributed by atoms with Gasteiger partial charge in [-0.2, -0.15) is 0 Å². The fraction of sp³-hybridized carbons (Fsp3) is 0.625. The number of aliphatic hydroxyl groups excluding tert-OH is 2. The molecule has 0 radical (unpaired) electrons. The summed E-state index contributed by atoms with van der Waals surface area (Å²) in [4.78, 5) is 24.5. The average molecular weight is 278 g/mol. The molecule has 2 rings (SSSR count). The first-order valence-electron chi connectivity index (χ1n) is 7.31. The van der Waals surface area contributed by atoms with Gasteiger partial charge in [0, 0.05) is 11.8 Å². The highest BCUT2D eigenvalue weighted by Crippen LogP contribution is 2.40. The average Bonchev–Trinajstić information content (AvgIpc) is 2.43. The second-order valence-electron chi connectivity index (χ2n) is 5.70. The molecule has 0 aliphatic heterocycles. The molecule has 0 bridgehead atoms. The van der Waals surface area contributed by atoms with E-state index in [4.69, 9.17) is 0 Å². The van der Waals surface area contributed by atoms with Gasteiger partial charge in [0.05, 0.1) is 12.2 Å². The molecule has 6 atom stereocenters. The highest BCUT2D eigenvalue weighted by molar-refractivity contribution is 6.01. The summed E-state index contributed by atoms with van der Waals surface area (Å²) in [6.07, 6.45) is 5.63. The molecule has 0 aromatic rings. The molecule has 2 aliphatic carbocycles. The van der Waals surface area contributed by atoms with Crippen LogP contribution in [-0.2, 0) is 9.59 Å². The lowest BCUT2D eigenvalue weighted by atomic mass is 9.63. The molecule has 2 aliphatic rings. The van der Waals surface area contributed by atoms with Crippen LogP contribution in [0.25, 0.3) is 0 Å². The van der Waals surface area contributed by atoms with E-state index in [-0.39, 0.29) is 23.4 Å². The van der Waals surface area contributed by atoms with Crippen molar-refractivity contribution in [1.82, 2.24) is 0 Å². The molecule has 0 spiro atoms. The molecule has 0 amide bonds. The fourth-order valence-corrected chi connectivity index (χ4v) is 3.62. The lowest BCUT2D eigenvalue weighted by Crippen LogP contribution is -2.48. The number of hydrogen-bond acceptors (Lipinski definition) is 4. The van der Waals surface area contributed by atoms with Gasteiger partial charge in [-0.1, -0.05) is 26.0 Å². The van der Waals surface area contributed by atoms with Crippen molar-refractivity contribution in [3.05, 3.63) is 24.3 Å². The zero-order valence-electron chi connectivity index (χ0n) is 11.9. The van der Waals surface area contributed by atoms with Crippen LogP contribution >= 0.6 is 0 Å². The van der Waals surface area contributed by atoms with E-state index in [9.17, 15) is 19.8 Å². The van der Waals surface area contributed by atoms with E-state index in [1.807, 2.05) is 13.8 Å². The molecule has 0 saturated heterocycles. The van der Waals surface area contributed by atoms with Crippen molar-refractivity contribution >= 4 is 11.6 Å². The van der Waals surface area contributed by atoms with Crippen molar-refractivity contribution in [2.75, 3.05) is 0 Å². The highest BCUT2D eigenvalue weighted by atomic mass is 16.3. The Hall–Kier alpha value is -1.26. The molecule has 110 valence electrons. The number of rotatable bonds is 3.